The molecular formula is C14H18N2O4. The third kappa shape index (κ3) is 2.97. The number of aromatic nitrogens is 1. The second-order valence-corrected chi connectivity index (χ2v) is 4.55. The number of hydrogen-bond acceptors (Lipinski definition) is 2. The van der Waals surface area contributed by atoms with Crippen molar-refractivity contribution in [1.82, 2.24) is 9.88 Å². The van der Waals surface area contributed by atoms with E-state index in [1.54, 1.807) is 6.20 Å². The molecule has 0 unspecified atom stereocenters. The summed E-state index contributed by atoms with van der Waals surface area (Å²) < 4.78 is 0. The summed E-state index contributed by atoms with van der Waals surface area (Å²) >= 11 is 0. The van der Waals surface area contributed by atoms with Gasteiger partial charge < -0.3 is 20.5 Å². The lowest BCUT2D eigenvalue weighted by atomic mass is 10.0. The van der Waals surface area contributed by atoms with Gasteiger partial charge in [0.1, 0.15) is 6.04 Å². The largest absolute Gasteiger partial charge is 0.480 e. The monoisotopic (exact) mass is 278 g/mol. The van der Waals surface area contributed by atoms with Crippen molar-refractivity contribution < 1.29 is 20.2 Å². The van der Waals surface area contributed by atoms with Gasteiger partial charge in [-0.15, -0.1) is 0 Å². The molecule has 20 heavy (non-hydrogen) atoms. The van der Waals surface area contributed by atoms with Crippen molar-refractivity contribution in [3.63, 3.8) is 0 Å². The van der Waals surface area contributed by atoms with Crippen LogP contribution in [-0.2, 0) is 16.0 Å². The lowest BCUT2D eigenvalue weighted by molar-refractivity contribution is -0.148. The molecule has 1 aromatic carbocycles. The van der Waals surface area contributed by atoms with Gasteiger partial charge in [0.05, 0.1) is 0 Å². The molecule has 0 spiro atoms. The number of likely N-dealkylation sites (N-methyl/N-ethyl adjacent to an activating group) is 1. The Labute approximate surface area is 116 Å². The highest BCUT2D eigenvalue weighted by Gasteiger charge is 2.25. The van der Waals surface area contributed by atoms with Gasteiger partial charge in [0.2, 0.25) is 5.91 Å². The summed E-state index contributed by atoms with van der Waals surface area (Å²) in [6.07, 6.45) is 2.09. The van der Waals surface area contributed by atoms with E-state index in [1.165, 1.54) is 18.9 Å². The molecule has 2 aromatic rings. The number of carboxylic acid groups (broad SMARTS) is 1. The molecule has 0 aliphatic carbocycles. The number of rotatable bonds is 4. The summed E-state index contributed by atoms with van der Waals surface area (Å²) in [7, 11) is 1.51. The zero-order valence-corrected chi connectivity index (χ0v) is 11.4. The Morgan fingerprint density at radius 2 is 2.00 bits per heavy atom. The molecule has 6 heteroatoms. The number of nitrogens with zero attached hydrogens (tertiary/aromatic N) is 1. The second kappa shape index (κ2) is 6.21. The van der Waals surface area contributed by atoms with Crippen LogP contribution in [0, 0.1) is 0 Å². The van der Waals surface area contributed by atoms with Crippen LogP contribution in [-0.4, -0.2) is 45.4 Å². The molecule has 1 atom stereocenters. The maximum atomic E-state index is 11.3. The first-order valence-corrected chi connectivity index (χ1v) is 6.02. The molecule has 1 heterocycles. The fraction of sp³-hybridized carbons (Fsp3) is 0.286. The zero-order chi connectivity index (χ0) is 14.0. The highest BCUT2D eigenvalue weighted by molar-refractivity contribution is 5.86. The standard InChI is InChI=1S/C14H16N2O3.H2O/c1-9(17)16(2)13(14(18)19)7-10-8-15-12-6-4-3-5-11(10)12;/h3-6,8,13,15H,7H2,1-2H3,(H,18,19);1H2/t13-;/m0./s1. The minimum atomic E-state index is -0.997. The molecule has 1 amide bonds. The van der Waals surface area contributed by atoms with Crippen LogP contribution in [0.1, 0.15) is 12.5 Å². The highest BCUT2D eigenvalue weighted by atomic mass is 16.4. The summed E-state index contributed by atoms with van der Waals surface area (Å²) in [5, 5.41) is 10.3. The summed E-state index contributed by atoms with van der Waals surface area (Å²) in [5.41, 5.74) is 1.86. The Balaban J connectivity index is 0.00000200. The van der Waals surface area contributed by atoms with Gasteiger partial charge in [0.15, 0.2) is 0 Å². The number of amides is 1. The van der Waals surface area contributed by atoms with Gasteiger partial charge >= 0.3 is 5.97 Å². The van der Waals surface area contributed by atoms with Gasteiger partial charge in [-0.2, -0.15) is 0 Å². The minimum absolute atomic E-state index is 0. The molecule has 6 nitrogen and oxygen atoms in total. The number of carboxylic acids is 1. The molecule has 0 saturated carbocycles. The Morgan fingerprint density at radius 1 is 1.35 bits per heavy atom. The number of carbonyl (C=O) groups is 2. The van der Waals surface area contributed by atoms with E-state index < -0.39 is 12.0 Å². The molecule has 0 saturated heterocycles. The van der Waals surface area contributed by atoms with Gasteiger partial charge in [0, 0.05) is 37.5 Å². The van der Waals surface area contributed by atoms with Crippen molar-refractivity contribution in [3.05, 3.63) is 36.0 Å². The zero-order valence-electron chi connectivity index (χ0n) is 11.4. The predicted molar refractivity (Wildman–Crippen MR) is 75.5 cm³/mol. The van der Waals surface area contributed by atoms with Crippen molar-refractivity contribution >= 4 is 22.8 Å². The molecule has 0 aliphatic heterocycles. The van der Waals surface area contributed by atoms with E-state index in [1.807, 2.05) is 24.3 Å². The molecule has 0 radical (unpaired) electrons. The Morgan fingerprint density at radius 3 is 2.60 bits per heavy atom. The first-order chi connectivity index (χ1) is 9.00. The van der Waals surface area contributed by atoms with Gasteiger partial charge in [-0.1, -0.05) is 18.2 Å². The van der Waals surface area contributed by atoms with E-state index in [2.05, 4.69) is 4.98 Å². The summed E-state index contributed by atoms with van der Waals surface area (Å²) in [6, 6.07) is 6.84. The Bertz CT molecular complexity index is 620. The third-order valence-electron chi connectivity index (χ3n) is 3.34. The van der Waals surface area contributed by atoms with E-state index in [-0.39, 0.29) is 17.8 Å². The van der Waals surface area contributed by atoms with Crippen LogP contribution in [0.3, 0.4) is 0 Å². The Kier molecular flexibility index (Phi) is 4.88. The van der Waals surface area contributed by atoms with Crippen molar-refractivity contribution in [2.45, 2.75) is 19.4 Å². The highest BCUT2D eigenvalue weighted by Crippen LogP contribution is 2.20. The van der Waals surface area contributed by atoms with E-state index in [4.69, 9.17) is 0 Å². The number of para-hydroxylation sites is 1. The van der Waals surface area contributed by atoms with E-state index in [0.717, 1.165) is 16.5 Å². The predicted octanol–water partition coefficient (Wildman–Crippen LogP) is 0.817. The molecule has 2 rings (SSSR count). The fourth-order valence-electron chi connectivity index (χ4n) is 2.12. The summed E-state index contributed by atoms with van der Waals surface area (Å²) in [5.74, 6) is -1.25. The van der Waals surface area contributed by atoms with E-state index >= 15 is 0 Å². The number of carbonyl (C=O) groups excluding carboxylic acids is 1. The number of nitrogens with one attached hydrogen (secondary N) is 1. The van der Waals surface area contributed by atoms with Gasteiger partial charge in [-0.3, -0.25) is 4.79 Å². The molecule has 0 bridgehead atoms. The quantitative estimate of drug-likeness (QED) is 0.864. The van der Waals surface area contributed by atoms with E-state index in [0.29, 0.717) is 0 Å². The maximum Gasteiger partial charge on any atom is 0.326 e. The number of aliphatic carboxylic acids is 1. The smallest absolute Gasteiger partial charge is 0.326 e. The van der Waals surface area contributed by atoms with Crippen molar-refractivity contribution in [1.29, 1.82) is 0 Å². The fourth-order valence-corrected chi connectivity index (χ4v) is 2.12. The maximum absolute atomic E-state index is 11.3. The van der Waals surface area contributed by atoms with Crippen LogP contribution in [0.5, 0.6) is 0 Å². The van der Waals surface area contributed by atoms with Crippen LogP contribution in [0.2, 0.25) is 0 Å². The van der Waals surface area contributed by atoms with E-state index in [9.17, 15) is 14.7 Å². The molecule has 0 fully saturated rings. The number of benzene rings is 1. The summed E-state index contributed by atoms with van der Waals surface area (Å²) in [6.45, 7) is 1.37. The first-order valence-electron chi connectivity index (χ1n) is 6.02. The van der Waals surface area contributed by atoms with Crippen molar-refractivity contribution in [2.75, 3.05) is 7.05 Å². The number of aromatic amines is 1. The Hall–Kier alpha value is -2.34. The molecule has 1 aromatic heterocycles. The third-order valence-corrected chi connectivity index (χ3v) is 3.34. The van der Waals surface area contributed by atoms with Gasteiger partial charge in [-0.25, -0.2) is 4.79 Å². The van der Waals surface area contributed by atoms with Crippen molar-refractivity contribution in [3.8, 4) is 0 Å². The molecule has 0 aliphatic rings. The normalized spacial score (nSPS) is 11.7. The number of fused-ring (bicyclic) bond motifs is 1. The van der Waals surface area contributed by atoms with Crippen LogP contribution < -0.4 is 0 Å². The van der Waals surface area contributed by atoms with Crippen molar-refractivity contribution in [2.24, 2.45) is 0 Å². The number of H-pyrrole nitrogens is 1. The number of hydrogen-bond donors (Lipinski definition) is 2. The van der Waals surface area contributed by atoms with Crippen LogP contribution >= 0.6 is 0 Å². The molecular weight excluding hydrogens is 260 g/mol. The van der Waals surface area contributed by atoms with Crippen LogP contribution in [0.4, 0.5) is 0 Å². The molecule has 4 N–H and O–H groups in total. The van der Waals surface area contributed by atoms with Crippen LogP contribution in [0.25, 0.3) is 10.9 Å². The average molecular weight is 278 g/mol. The SMILES string of the molecule is CC(=O)N(C)[C@@H](Cc1c[nH]c2ccccc12)C(=O)O.O. The van der Waals surface area contributed by atoms with Crippen LogP contribution in [0.15, 0.2) is 30.5 Å². The minimum Gasteiger partial charge on any atom is -0.480 e. The molecule has 108 valence electrons. The average Bonchev–Trinajstić information content (AvgIpc) is 2.78. The van der Waals surface area contributed by atoms with Gasteiger partial charge in [0.25, 0.3) is 0 Å². The summed E-state index contributed by atoms with van der Waals surface area (Å²) in [4.78, 5) is 27.0. The second-order valence-electron chi connectivity index (χ2n) is 4.55. The topological polar surface area (TPSA) is 105 Å². The lowest BCUT2D eigenvalue weighted by Crippen LogP contribution is -2.42. The van der Waals surface area contributed by atoms with Gasteiger partial charge in [-0.05, 0) is 11.6 Å². The first kappa shape index (κ1) is 15.7. The lowest BCUT2D eigenvalue weighted by Gasteiger charge is -2.23.